The Hall–Kier alpha value is -4.00. The van der Waals surface area contributed by atoms with Crippen LogP contribution in [0.4, 0.5) is 5.69 Å². The Morgan fingerprint density at radius 3 is 2.34 bits per heavy atom. The third-order valence-electron chi connectivity index (χ3n) is 5.20. The number of hydrogen-bond acceptors (Lipinski definition) is 6. The van der Waals surface area contributed by atoms with Gasteiger partial charge < -0.3 is 25.6 Å². The molecule has 184 valence electrons. The highest BCUT2D eigenvalue weighted by Crippen LogP contribution is 2.21. The Morgan fingerprint density at radius 1 is 1.00 bits per heavy atom. The van der Waals surface area contributed by atoms with Crippen molar-refractivity contribution in [3.05, 3.63) is 89.5 Å². The molecule has 7 heteroatoms. The van der Waals surface area contributed by atoms with Crippen LogP contribution >= 0.6 is 0 Å². The van der Waals surface area contributed by atoms with Crippen molar-refractivity contribution in [3.63, 3.8) is 0 Å². The fraction of sp³-hybridized carbons (Fsp3) is 0.286. The molecule has 0 aliphatic rings. The van der Waals surface area contributed by atoms with E-state index >= 15 is 0 Å². The second-order valence-corrected chi connectivity index (χ2v) is 9.28. The molecule has 3 aromatic carbocycles. The summed E-state index contributed by atoms with van der Waals surface area (Å²) in [6.45, 7) is 5.52. The first-order chi connectivity index (χ1) is 16.6. The van der Waals surface area contributed by atoms with Gasteiger partial charge >= 0.3 is 5.97 Å². The quantitative estimate of drug-likeness (QED) is 0.307. The topological polar surface area (TPSA) is 111 Å². The maximum absolute atomic E-state index is 13.1. The van der Waals surface area contributed by atoms with Crippen LogP contribution in [0.25, 0.3) is 0 Å². The van der Waals surface area contributed by atoms with E-state index in [2.05, 4.69) is 5.32 Å². The molecule has 35 heavy (non-hydrogen) atoms. The van der Waals surface area contributed by atoms with Crippen molar-refractivity contribution in [3.8, 4) is 11.5 Å². The minimum Gasteiger partial charge on any atom is -0.508 e. The van der Waals surface area contributed by atoms with Gasteiger partial charge in [-0.05, 0) is 81.6 Å². The van der Waals surface area contributed by atoms with E-state index in [4.69, 9.17) is 15.2 Å². The summed E-state index contributed by atoms with van der Waals surface area (Å²) < 4.78 is 11.3. The molecule has 7 nitrogen and oxygen atoms in total. The predicted octanol–water partition coefficient (Wildman–Crippen LogP) is 4.63. The van der Waals surface area contributed by atoms with Crippen molar-refractivity contribution < 1.29 is 24.2 Å². The van der Waals surface area contributed by atoms with E-state index < -0.39 is 23.5 Å². The molecule has 3 rings (SSSR count). The number of aryl methyl sites for hydroxylation is 1. The zero-order chi connectivity index (χ0) is 25.4. The van der Waals surface area contributed by atoms with Crippen LogP contribution in [0.5, 0.6) is 11.5 Å². The van der Waals surface area contributed by atoms with Gasteiger partial charge in [0, 0.05) is 16.8 Å². The summed E-state index contributed by atoms with van der Waals surface area (Å²) in [5.41, 5.74) is 7.94. The largest absolute Gasteiger partial charge is 0.508 e. The van der Waals surface area contributed by atoms with Crippen molar-refractivity contribution in [1.29, 1.82) is 0 Å². The number of benzene rings is 3. The van der Waals surface area contributed by atoms with Gasteiger partial charge in [-0.3, -0.25) is 4.79 Å². The lowest BCUT2D eigenvalue weighted by atomic mass is 10.0. The maximum atomic E-state index is 13.1. The maximum Gasteiger partial charge on any atom is 0.329 e. The first-order valence-electron chi connectivity index (χ1n) is 11.5. The van der Waals surface area contributed by atoms with Crippen LogP contribution in [0.2, 0.25) is 0 Å². The van der Waals surface area contributed by atoms with Gasteiger partial charge in [-0.15, -0.1) is 0 Å². The smallest absolute Gasteiger partial charge is 0.329 e. The first kappa shape index (κ1) is 25.6. The van der Waals surface area contributed by atoms with Crippen molar-refractivity contribution in [2.24, 2.45) is 0 Å². The molecule has 0 aliphatic carbocycles. The van der Waals surface area contributed by atoms with Gasteiger partial charge in [0.05, 0.1) is 0 Å². The fourth-order valence-electron chi connectivity index (χ4n) is 3.39. The number of rotatable bonds is 9. The number of nitrogen functional groups attached to an aromatic ring is 1. The number of phenolic OH excluding ortho intramolecular Hbond substituents is 1. The first-order valence-corrected chi connectivity index (χ1v) is 11.5. The number of ether oxygens (including phenoxy) is 2. The molecule has 0 saturated carbocycles. The van der Waals surface area contributed by atoms with Crippen LogP contribution in [0.1, 0.15) is 48.7 Å². The second kappa shape index (κ2) is 11.4. The summed E-state index contributed by atoms with van der Waals surface area (Å²) in [5, 5.41) is 12.2. The molecule has 0 unspecified atom stereocenters. The molecule has 0 saturated heterocycles. The Labute approximate surface area is 205 Å². The van der Waals surface area contributed by atoms with Crippen molar-refractivity contribution >= 4 is 17.6 Å². The van der Waals surface area contributed by atoms with E-state index in [0.29, 0.717) is 35.4 Å². The SMILES string of the molecule is CC(C)(C)OC(=O)[C@H](CCc1ccccc1)NC(=O)c1ccc(N)c(COc2ccc(O)cc2)c1. The molecule has 0 aliphatic heterocycles. The molecule has 0 aromatic heterocycles. The molecule has 3 aromatic rings. The van der Waals surface area contributed by atoms with Gasteiger partial charge in [0.25, 0.3) is 5.91 Å². The second-order valence-electron chi connectivity index (χ2n) is 9.28. The summed E-state index contributed by atoms with van der Waals surface area (Å²) in [6, 6.07) is 20.2. The minimum absolute atomic E-state index is 0.140. The average Bonchev–Trinajstić information content (AvgIpc) is 2.81. The number of carbonyl (C=O) groups is 2. The standard InChI is InChI=1S/C28H32N2O5/c1-28(2,3)35-27(33)25(16-9-19-7-5-4-6-8-19)30-26(32)20-10-15-24(29)21(17-20)18-34-23-13-11-22(31)12-14-23/h4-8,10-15,17,25,31H,9,16,18,29H2,1-3H3,(H,30,32)/t25-/m0/s1. The van der Waals surface area contributed by atoms with Crippen molar-refractivity contribution in [1.82, 2.24) is 5.32 Å². The Kier molecular flexibility index (Phi) is 8.36. The molecule has 1 atom stereocenters. The number of phenols is 1. The number of hydrogen-bond donors (Lipinski definition) is 3. The number of anilines is 1. The number of aromatic hydroxyl groups is 1. The zero-order valence-corrected chi connectivity index (χ0v) is 20.3. The number of amides is 1. The molecule has 0 spiro atoms. The highest BCUT2D eigenvalue weighted by Gasteiger charge is 2.27. The lowest BCUT2D eigenvalue weighted by Crippen LogP contribution is -2.44. The molecule has 4 N–H and O–H groups in total. The Bertz CT molecular complexity index is 1140. The summed E-state index contributed by atoms with van der Waals surface area (Å²) in [6.07, 6.45) is 1.01. The van der Waals surface area contributed by atoms with Crippen LogP contribution in [0.3, 0.4) is 0 Å². The minimum atomic E-state index is -0.809. The van der Waals surface area contributed by atoms with Gasteiger partial charge in [-0.25, -0.2) is 4.79 Å². The number of carbonyl (C=O) groups excluding carboxylic acids is 2. The van der Waals surface area contributed by atoms with Crippen molar-refractivity contribution in [2.45, 2.75) is 51.9 Å². The Morgan fingerprint density at radius 2 is 1.69 bits per heavy atom. The van der Waals surface area contributed by atoms with Crippen LogP contribution in [0.15, 0.2) is 72.8 Å². The summed E-state index contributed by atoms with van der Waals surface area (Å²) in [5.74, 6) is -0.182. The van der Waals surface area contributed by atoms with E-state index in [1.807, 2.05) is 30.3 Å². The number of nitrogens with one attached hydrogen (secondary N) is 1. The molecule has 0 fully saturated rings. The summed E-state index contributed by atoms with van der Waals surface area (Å²) in [7, 11) is 0. The molecule has 1 amide bonds. The molecular weight excluding hydrogens is 444 g/mol. The van der Waals surface area contributed by atoms with E-state index in [9.17, 15) is 14.7 Å². The van der Waals surface area contributed by atoms with Gasteiger partial charge in [0.15, 0.2) is 0 Å². The number of esters is 1. The van der Waals surface area contributed by atoms with E-state index in [1.54, 1.807) is 51.1 Å². The summed E-state index contributed by atoms with van der Waals surface area (Å²) >= 11 is 0. The predicted molar refractivity (Wildman–Crippen MR) is 135 cm³/mol. The van der Waals surface area contributed by atoms with Gasteiger partial charge in [0.2, 0.25) is 0 Å². The zero-order valence-electron chi connectivity index (χ0n) is 20.3. The van der Waals surface area contributed by atoms with E-state index in [1.165, 1.54) is 12.1 Å². The van der Waals surface area contributed by atoms with Gasteiger partial charge in [-0.2, -0.15) is 0 Å². The normalized spacial score (nSPS) is 12.0. The lowest BCUT2D eigenvalue weighted by Gasteiger charge is -2.25. The highest BCUT2D eigenvalue weighted by molar-refractivity contribution is 5.97. The molecule has 0 bridgehead atoms. The lowest BCUT2D eigenvalue weighted by molar-refractivity contribution is -0.157. The van der Waals surface area contributed by atoms with Crippen LogP contribution in [-0.2, 0) is 22.6 Å². The van der Waals surface area contributed by atoms with E-state index in [0.717, 1.165) is 5.56 Å². The van der Waals surface area contributed by atoms with Crippen LogP contribution in [0, 0.1) is 0 Å². The fourth-order valence-corrected chi connectivity index (χ4v) is 3.39. The molecule has 0 heterocycles. The Balaban J connectivity index is 1.71. The van der Waals surface area contributed by atoms with Gasteiger partial charge in [-0.1, -0.05) is 30.3 Å². The van der Waals surface area contributed by atoms with Crippen molar-refractivity contribution in [2.75, 3.05) is 5.73 Å². The third-order valence-corrected chi connectivity index (χ3v) is 5.20. The third kappa shape index (κ3) is 8.07. The molecule has 0 radical (unpaired) electrons. The van der Waals surface area contributed by atoms with Crippen LogP contribution in [-0.4, -0.2) is 28.6 Å². The van der Waals surface area contributed by atoms with Gasteiger partial charge in [0.1, 0.15) is 29.7 Å². The van der Waals surface area contributed by atoms with Crippen LogP contribution < -0.4 is 15.8 Å². The highest BCUT2D eigenvalue weighted by atomic mass is 16.6. The number of nitrogens with two attached hydrogens (primary N) is 1. The van der Waals surface area contributed by atoms with E-state index in [-0.39, 0.29) is 12.4 Å². The average molecular weight is 477 g/mol. The summed E-state index contributed by atoms with van der Waals surface area (Å²) in [4.78, 5) is 25.9. The monoisotopic (exact) mass is 476 g/mol. The molecular formula is C28H32N2O5.